The Balaban J connectivity index is 1.93. The molecular weight excluding hydrogens is 268 g/mol. The minimum Gasteiger partial charge on any atom is -0.390 e. The molecule has 0 heterocycles. The van der Waals surface area contributed by atoms with Gasteiger partial charge in [0.15, 0.2) is 0 Å². The zero-order chi connectivity index (χ0) is 15.6. The smallest absolute Gasteiger partial charge is 0.239 e. The van der Waals surface area contributed by atoms with Crippen molar-refractivity contribution in [1.29, 1.82) is 0 Å². The van der Waals surface area contributed by atoms with Gasteiger partial charge >= 0.3 is 0 Å². The van der Waals surface area contributed by atoms with E-state index < -0.39 is 17.6 Å². The van der Waals surface area contributed by atoms with E-state index in [1.165, 1.54) is 0 Å². The summed E-state index contributed by atoms with van der Waals surface area (Å²) in [5, 5.41) is 15.5. The van der Waals surface area contributed by atoms with Crippen molar-refractivity contribution in [3.05, 3.63) is 35.4 Å². The number of fused-ring (bicyclic) bond motifs is 1. The summed E-state index contributed by atoms with van der Waals surface area (Å²) < 4.78 is 0. The normalized spacial score (nSPS) is 20.8. The van der Waals surface area contributed by atoms with Crippen molar-refractivity contribution in [2.24, 2.45) is 5.41 Å². The molecule has 0 saturated heterocycles. The van der Waals surface area contributed by atoms with Crippen LogP contribution in [0.3, 0.4) is 0 Å². The second-order valence-corrected chi connectivity index (χ2v) is 6.45. The maximum atomic E-state index is 11.9. The van der Waals surface area contributed by atoms with Gasteiger partial charge in [-0.3, -0.25) is 9.59 Å². The Labute approximate surface area is 124 Å². The van der Waals surface area contributed by atoms with Crippen LogP contribution in [0.15, 0.2) is 24.3 Å². The van der Waals surface area contributed by atoms with Gasteiger partial charge in [-0.1, -0.05) is 45.0 Å². The van der Waals surface area contributed by atoms with E-state index in [2.05, 4.69) is 10.6 Å². The SMILES string of the molecule is CC(C)(C)C(=O)NCC(=O)NC1c2ccccc2CC1O. The van der Waals surface area contributed by atoms with Gasteiger partial charge in [0.25, 0.3) is 0 Å². The molecule has 2 rings (SSSR count). The van der Waals surface area contributed by atoms with Crippen LogP contribution >= 0.6 is 0 Å². The lowest BCUT2D eigenvalue weighted by molar-refractivity contribution is -0.131. The van der Waals surface area contributed by atoms with Crippen molar-refractivity contribution in [2.45, 2.75) is 39.3 Å². The molecule has 1 aromatic rings. The van der Waals surface area contributed by atoms with E-state index in [-0.39, 0.29) is 18.4 Å². The van der Waals surface area contributed by atoms with E-state index in [0.717, 1.165) is 11.1 Å². The van der Waals surface area contributed by atoms with Crippen molar-refractivity contribution in [3.63, 3.8) is 0 Å². The van der Waals surface area contributed by atoms with Crippen LogP contribution < -0.4 is 10.6 Å². The first-order valence-corrected chi connectivity index (χ1v) is 7.12. The minimum absolute atomic E-state index is 0.0819. The van der Waals surface area contributed by atoms with Gasteiger partial charge in [-0.25, -0.2) is 0 Å². The Morgan fingerprint density at radius 3 is 2.62 bits per heavy atom. The number of aliphatic hydroxyl groups excluding tert-OH is 1. The molecule has 2 unspecified atom stereocenters. The molecule has 5 nitrogen and oxygen atoms in total. The zero-order valence-corrected chi connectivity index (χ0v) is 12.6. The molecule has 0 aliphatic heterocycles. The van der Waals surface area contributed by atoms with Crippen molar-refractivity contribution in [1.82, 2.24) is 10.6 Å². The van der Waals surface area contributed by atoms with Gasteiger partial charge in [-0.2, -0.15) is 0 Å². The third-order valence-corrected chi connectivity index (χ3v) is 3.61. The van der Waals surface area contributed by atoms with E-state index in [1.807, 2.05) is 24.3 Å². The number of aliphatic hydroxyl groups is 1. The number of carbonyl (C=O) groups is 2. The Kier molecular flexibility index (Phi) is 4.32. The van der Waals surface area contributed by atoms with E-state index in [4.69, 9.17) is 0 Å². The van der Waals surface area contributed by atoms with Gasteiger partial charge in [0, 0.05) is 11.8 Å². The van der Waals surface area contributed by atoms with Crippen molar-refractivity contribution >= 4 is 11.8 Å². The molecule has 0 spiro atoms. The maximum absolute atomic E-state index is 11.9. The number of hydrogen-bond donors (Lipinski definition) is 3. The molecule has 1 aliphatic rings. The second-order valence-electron chi connectivity index (χ2n) is 6.45. The summed E-state index contributed by atoms with van der Waals surface area (Å²) in [4.78, 5) is 23.7. The van der Waals surface area contributed by atoms with Gasteiger partial charge in [0.1, 0.15) is 0 Å². The average molecular weight is 290 g/mol. The lowest BCUT2D eigenvalue weighted by Crippen LogP contribution is -2.43. The van der Waals surface area contributed by atoms with E-state index >= 15 is 0 Å². The summed E-state index contributed by atoms with van der Waals surface area (Å²) in [6.07, 6.45) is -0.0835. The van der Waals surface area contributed by atoms with Crippen LogP contribution in [-0.2, 0) is 16.0 Å². The Morgan fingerprint density at radius 1 is 1.29 bits per heavy atom. The van der Waals surface area contributed by atoms with E-state index in [1.54, 1.807) is 20.8 Å². The lowest BCUT2D eigenvalue weighted by Gasteiger charge is -2.20. The highest BCUT2D eigenvalue weighted by atomic mass is 16.3. The fourth-order valence-electron chi connectivity index (χ4n) is 2.40. The Morgan fingerprint density at radius 2 is 1.95 bits per heavy atom. The van der Waals surface area contributed by atoms with Gasteiger partial charge in [0.05, 0.1) is 18.7 Å². The second kappa shape index (κ2) is 5.85. The van der Waals surface area contributed by atoms with Crippen LogP contribution in [0.25, 0.3) is 0 Å². The van der Waals surface area contributed by atoms with Crippen molar-refractivity contribution in [2.75, 3.05) is 6.54 Å². The fourth-order valence-corrected chi connectivity index (χ4v) is 2.40. The van der Waals surface area contributed by atoms with Gasteiger partial charge in [-0.15, -0.1) is 0 Å². The van der Waals surface area contributed by atoms with Crippen LogP contribution in [0.2, 0.25) is 0 Å². The number of nitrogens with one attached hydrogen (secondary N) is 2. The van der Waals surface area contributed by atoms with Gasteiger partial charge < -0.3 is 15.7 Å². The molecule has 0 fully saturated rings. The topological polar surface area (TPSA) is 78.4 Å². The molecule has 114 valence electrons. The van der Waals surface area contributed by atoms with Gasteiger partial charge in [-0.05, 0) is 11.1 Å². The summed E-state index contributed by atoms with van der Waals surface area (Å²) in [6.45, 7) is 5.28. The largest absolute Gasteiger partial charge is 0.390 e. The minimum atomic E-state index is -0.621. The first-order valence-electron chi connectivity index (χ1n) is 7.12. The zero-order valence-electron chi connectivity index (χ0n) is 12.6. The highest BCUT2D eigenvalue weighted by molar-refractivity contribution is 5.87. The lowest BCUT2D eigenvalue weighted by atomic mass is 9.96. The maximum Gasteiger partial charge on any atom is 0.239 e. The summed E-state index contributed by atoms with van der Waals surface area (Å²) in [5.74, 6) is -0.474. The number of benzene rings is 1. The Hall–Kier alpha value is -1.88. The monoisotopic (exact) mass is 290 g/mol. The molecule has 2 amide bonds. The molecule has 0 radical (unpaired) electrons. The van der Waals surface area contributed by atoms with E-state index in [9.17, 15) is 14.7 Å². The van der Waals surface area contributed by atoms with Crippen LogP contribution in [0.4, 0.5) is 0 Å². The predicted molar refractivity (Wildman–Crippen MR) is 79.5 cm³/mol. The fraction of sp³-hybridized carbons (Fsp3) is 0.500. The predicted octanol–water partition coefficient (Wildman–Crippen LogP) is 0.923. The molecule has 5 heteroatoms. The van der Waals surface area contributed by atoms with Crippen LogP contribution in [0.1, 0.15) is 37.9 Å². The molecule has 2 atom stereocenters. The van der Waals surface area contributed by atoms with Crippen LogP contribution in [0, 0.1) is 5.41 Å². The molecule has 0 aromatic heterocycles. The highest BCUT2D eigenvalue weighted by Crippen LogP contribution is 2.30. The molecule has 0 bridgehead atoms. The number of amides is 2. The molecule has 21 heavy (non-hydrogen) atoms. The first kappa shape index (κ1) is 15.5. The molecule has 1 aromatic carbocycles. The summed E-state index contributed by atoms with van der Waals surface area (Å²) in [5.41, 5.74) is 1.47. The number of rotatable bonds is 3. The standard InChI is InChI=1S/C16H22N2O3/c1-16(2,3)15(21)17-9-13(20)18-14-11-7-5-4-6-10(11)8-12(14)19/h4-7,12,14,19H,8-9H2,1-3H3,(H,17,21)(H,18,20). The Bertz CT molecular complexity index is 549. The van der Waals surface area contributed by atoms with E-state index in [0.29, 0.717) is 6.42 Å². The quantitative estimate of drug-likeness (QED) is 0.774. The van der Waals surface area contributed by atoms with Gasteiger partial charge in [0.2, 0.25) is 11.8 Å². The van der Waals surface area contributed by atoms with Crippen molar-refractivity contribution in [3.8, 4) is 0 Å². The van der Waals surface area contributed by atoms with Crippen LogP contribution in [-0.4, -0.2) is 29.6 Å². The number of carbonyl (C=O) groups excluding carboxylic acids is 2. The highest BCUT2D eigenvalue weighted by Gasteiger charge is 2.32. The summed E-state index contributed by atoms with van der Waals surface area (Å²) in [6, 6.07) is 7.26. The van der Waals surface area contributed by atoms with Crippen molar-refractivity contribution < 1.29 is 14.7 Å². The summed E-state index contributed by atoms with van der Waals surface area (Å²) >= 11 is 0. The number of hydrogen-bond acceptors (Lipinski definition) is 3. The third-order valence-electron chi connectivity index (χ3n) is 3.61. The molecule has 3 N–H and O–H groups in total. The molecular formula is C16H22N2O3. The summed E-state index contributed by atoms with van der Waals surface area (Å²) in [7, 11) is 0. The van der Waals surface area contributed by atoms with Crippen LogP contribution in [0.5, 0.6) is 0 Å². The molecule has 0 saturated carbocycles. The first-order chi connectivity index (χ1) is 9.79. The third kappa shape index (κ3) is 3.61. The molecule has 1 aliphatic carbocycles. The average Bonchev–Trinajstić information content (AvgIpc) is 2.71.